The van der Waals surface area contributed by atoms with Crippen molar-refractivity contribution in [3.05, 3.63) is 57.8 Å². The Morgan fingerprint density at radius 1 is 1.10 bits per heavy atom. The lowest BCUT2D eigenvalue weighted by Crippen LogP contribution is -2.26. The third-order valence-electron chi connectivity index (χ3n) is 6.93. The molecule has 1 aliphatic heterocycles. The van der Waals surface area contributed by atoms with Crippen LogP contribution < -0.4 is 4.90 Å². The van der Waals surface area contributed by atoms with Gasteiger partial charge in [-0.15, -0.1) is 0 Å². The minimum atomic E-state index is 0.589. The number of benzene rings is 1. The van der Waals surface area contributed by atoms with Crippen LogP contribution in [0.5, 0.6) is 0 Å². The normalized spacial score (nSPS) is 22.5. The number of hydrogen-bond acceptors (Lipinski definition) is 3. The monoisotopic (exact) mass is 452 g/mol. The molecule has 5 heteroatoms. The second-order valence-electron chi connectivity index (χ2n) is 8.64. The van der Waals surface area contributed by atoms with Crippen molar-refractivity contribution in [2.75, 3.05) is 18.0 Å². The summed E-state index contributed by atoms with van der Waals surface area (Å²) < 4.78 is 3.09. The summed E-state index contributed by atoms with van der Waals surface area (Å²) in [6.07, 6.45) is 10.4. The highest BCUT2D eigenvalue weighted by molar-refractivity contribution is 9.10. The molecule has 1 fully saturated rings. The highest BCUT2D eigenvalue weighted by Crippen LogP contribution is 2.37. The van der Waals surface area contributed by atoms with Gasteiger partial charge < -0.3 is 4.90 Å². The average Bonchev–Trinajstić information content (AvgIpc) is 3.36. The molecular weight excluding hydrogens is 424 g/mol. The lowest BCUT2D eigenvalue weighted by molar-refractivity contribution is 0.412. The van der Waals surface area contributed by atoms with E-state index in [1.165, 1.54) is 54.7 Å². The Balaban J connectivity index is 1.56. The Morgan fingerprint density at radius 2 is 1.97 bits per heavy atom. The largest absolute Gasteiger partial charge is 0.356 e. The Hall–Kier alpha value is -1.88. The average molecular weight is 453 g/mol. The van der Waals surface area contributed by atoms with Gasteiger partial charge in [0, 0.05) is 30.3 Å². The van der Waals surface area contributed by atoms with Gasteiger partial charge in [0.2, 0.25) is 0 Å². The molecule has 2 unspecified atom stereocenters. The molecule has 29 heavy (non-hydrogen) atoms. The van der Waals surface area contributed by atoms with E-state index in [0.717, 1.165) is 42.0 Å². The van der Waals surface area contributed by atoms with Crippen LogP contribution >= 0.6 is 15.9 Å². The smallest absolute Gasteiger partial charge is 0.171 e. The molecule has 2 atom stereocenters. The second-order valence-corrected chi connectivity index (χ2v) is 9.49. The van der Waals surface area contributed by atoms with Crippen molar-refractivity contribution in [3.8, 4) is 0 Å². The fourth-order valence-corrected chi connectivity index (χ4v) is 5.58. The maximum absolute atomic E-state index is 5.06. The van der Waals surface area contributed by atoms with Crippen molar-refractivity contribution in [2.24, 2.45) is 5.92 Å². The number of aryl methyl sites for hydroxylation is 1. The molecule has 0 amide bonds. The summed E-state index contributed by atoms with van der Waals surface area (Å²) in [4.78, 5) is 7.64. The highest BCUT2D eigenvalue weighted by atomic mass is 79.9. The van der Waals surface area contributed by atoms with Crippen molar-refractivity contribution in [1.29, 1.82) is 0 Å². The first-order valence-electron chi connectivity index (χ1n) is 11.1. The molecule has 152 valence electrons. The summed E-state index contributed by atoms with van der Waals surface area (Å²) in [5.41, 5.74) is 5.16. The third-order valence-corrected chi connectivity index (χ3v) is 7.48. The number of hydrogen-bond donors (Lipinski definition) is 0. The van der Waals surface area contributed by atoms with Gasteiger partial charge in [-0.05, 0) is 59.5 Å². The number of nitrogens with zero attached hydrogens (tertiary/aromatic N) is 4. The number of halogens is 1. The molecular formula is C24H29BrN4. The first-order chi connectivity index (χ1) is 14.2. The van der Waals surface area contributed by atoms with Gasteiger partial charge in [-0.3, -0.25) is 0 Å². The maximum atomic E-state index is 5.06. The van der Waals surface area contributed by atoms with E-state index in [9.17, 15) is 0 Å². The van der Waals surface area contributed by atoms with E-state index in [2.05, 4.69) is 62.6 Å². The van der Waals surface area contributed by atoms with Gasteiger partial charge in [0.1, 0.15) is 5.82 Å². The van der Waals surface area contributed by atoms with Crippen molar-refractivity contribution >= 4 is 27.4 Å². The van der Waals surface area contributed by atoms with E-state index in [1.807, 2.05) is 6.20 Å². The number of aromatic nitrogens is 3. The first-order valence-corrected chi connectivity index (χ1v) is 11.9. The minimum Gasteiger partial charge on any atom is -0.356 e. The topological polar surface area (TPSA) is 33.4 Å². The zero-order chi connectivity index (χ0) is 19.8. The van der Waals surface area contributed by atoms with Crippen LogP contribution in [0.2, 0.25) is 0 Å². The molecule has 0 N–H and O–H groups in total. The molecule has 3 heterocycles. The summed E-state index contributed by atoms with van der Waals surface area (Å²) >= 11 is 3.68. The van der Waals surface area contributed by atoms with Crippen LogP contribution in [-0.2, 0) is 12.8 Å². The molecule has 0 spiro atoms. The summed E-state index contributed by atoms with van der Waals surface area (Å²) in [7, 11) is 0. The SMILES string of the molecule is CCC1CCCc2nc3c(Br)cnn3c(N3CCC(c4ccccc4)C3)c2CC1. The van der Waals surface area contributed by atoms with Gasteiger partial charge in [0.25, 0.3) is 0 Å². The van der Waals surface area contributed by atoms with Crippen LogP contribution in [0, 0.1) is 5.92 Å². The van der Waals surface area contributed by atoms with Gasteiger partial charge in [-0.2, -0.15) is 9.61 Å². The maximum Gasteiger partial charge on any atom is 0.171 e. The van der Waals surface area contributed by atoms with Crippen LogP contribution in [0.25, 0.3) is 5.65 Å². The number of rotatable bonds is 3. The third kappa shape index (κ3) is 3.58. The molecule has 1 aromatic carbocycles. The van der Waals surface area contributed by atoms with Crippen molar-refractivity contribution in [1.82, 2.24) is 14.6 Å². The Labute approximate surface area is 181 Å². The molecule has 0 saturated carbocycles. The summed E-state index contributed by atoms with van der Waals surface area (Å²) in [5.74, 6) is 2.73. The van der Waals surface area contributed by atoms with Crippen LogP contribution in [-0.4, -0.2) is 27.7 Å². The van der Waals surface area contributed by atoms with Crippen molar-refractivity contribution < 1.29 is 0 Å². The summed E-state index contributed by atoms with van der Waals surface area (Å²) in [6, 6.07) is 11.0. The molecule has 5 rings (SSSR count). The fraction of sp³-hybridized carbons (Fsp3) is 0.500. The standard InChI is InChI=1S/C24H29BrN4/c1-2-17-7-6-10-22-20(12-11-17)24(29-23(27-22)21(25)15-26-29)28-14-13-19(16-28)18-8-4-3-5-9-18/h3-5,8-9,15,17,19H,2,6-7,10-14,16H2,1H3. The van der Waals surface area contributed by atoms with E-state index in [4.69, 9.17) is 10.1 Å². The van der Waals surface area contributed by atoms with Gasteiger partial charge in [-0.25, -0.2) is 4.98 Å². The Morgan fingerprint density at radius 3 is 2.79 bits per heavy atom. The Kier molecular flexibility index (Phi) is 5.33. The summed E-state index contributed by atoms with van der Waals surface area (Å²) in [5, 5.41) is 4.73. The van der Waals surface area contributed by atoms with Crippen molar-refractivity contribution in [3.63, 3.8) is 0 Å². The first kappa shape index (κ1) is 19.1. The predicted octanol–water partition coefficient (Wildman–Crippen LogP) is 5.78. The Bertz CT molecular complexity index is 997. The summed E-state index contributed by atoms with van der Waals surface area (Å²) in [6.45, 7) is 4.48. The van der Waals surface area contributed by atoms with Gasteiger partial charge >= 0.3 is 0 Å². The zero-order valence-electron chi connectivity index (χ0n) is 17.1. The molecule has 4 nitrogen and oxygen atoms in total. The molecule has 2 aliphatic rings. The van der Waals surface area contributed by atoms with Crippen molar-refractivity contribution in [2.45, 2.75) is 57.8 Å². The van der Waals surface area contributed by atoms with Gasteiger partial charge in [0.15, 0.2) is 5.65 Å². The van der Waals surface area contributed by atoms with Crippen LogP contribution in [0.3, 0.4) is 0 Å². The van der Waals surface area contributed by atoms with Crippen LogP contribution in [0.15, 0.2) is 41.0 Å². The van der Waals surface area contributed by atoms with E-state index in [-0.39, 0.29) is 0 Å². The van der Waals surface area contributed by atoms with E-state index in [0.29, 0.717) is 5.92 Å². The quantitative estimate of drug-likeness (QED) is 0.504. The van der Waals surface area contributed by atoms with Gasteiger partial charge in [0.05, 0.1) is 10.7 Å². The number of anilines is 1. The van der Waals surface area contributed by atoms with Gasteiger partial charge in [-0.1, -0.05) is 50.1 Å². The lowest BCUT2D eigenvalue weighted by Gasteiger charge is -2.27. The minimum absolute atomic E-state index is 0.589. The lowest BCUT2D eigenvalue weighted by atomic mass is 9.88. The fourth-order valence-electron chi connectivity index (χ4n) is 5.23. The molecule has 1 aliphatic carbocycles. The second kappa shape index (κ2) is 8.10. The molecule has 3 aromatic rings. The molecule has 1 saturated heterocycles. The van der Waals surface area contributed by atoms with E-state index in [1.54, 1.807) is 0 Å². The molecule has 0 radical (unpaired) electrons. The zero-order valence-corrected chi connectivity index (χ0v) is 18.7. The highest BCUT2D eigenvalue weighted by Gasteiger charge is 2.30. The van der Waals surface area contributed by atoms with E-state index >= 15 is 0 Å². The predicted molar refractivity (Wildman–Crippen MR) is 122 cm³/mol. The van der Waals surface area contributed by atoms with Crippen LogP contribution in [0.1, 0.15) is 61.8 Å². The molecule has 0 bridgehead atoms. The van der Waals surface area contributed by atoms with E-state index < -0.39 is 0 Å². The van der Waals surface area contributed by atoms with Crippen LogP contribution in [0.4, 0.5) is 5.82 Å². The molecule has 2 aromatic heterocycles. The number of fused-ring (bicyclic) bond motifs is 2.